The molecule has 1 amide bonds. The summed E-state index contributed by atoms with van der Waals surface area (Å²) in [7, 11) is 0. The van der Waals surface area contributed by atoms with Crippen LogP contribution in [-0.2, 0) is 6.54 Å². The van der Waals surface area contributed by atoms with Gasteiger partial charge in [-0.2, -0.15) is 5.10 Å². The molecule has 8 heteroatoms. The highest BCUT2D eigenvalue weighted by molar-refractivity contribution is 5.95. The predicted molar refractivity (Wildman–Crippen MR) is 95.2 cm³/mol. The second kappa shape index (κ2) is 7.07. The molecule has 1 fully saturated rings. The number of likely N-dealkylation sites (tertiary alicyclic amines) is 1. The van der Waals surface area contributed by atoms with Crippen molar-refractivity contribution < 1.29 is 4.79 Å². The smallest absolute Gasteiger partial charge is 0.257 e. The van der Waals surface area contributed by atoms with Crippen LogP contribution in [0.4, 0.5) is 0 Å². The third kappa shape index (κ3) is 3.35. The number of H-pyrrole nitrogens is 1. The normalized spacial score (nSPS) is 17.4. The summed E-state index contributed by atoms with van der Waals surface area (Å²) in [4.78, 5) is 18.9. The number of pyridine rings is 1. The molecular weight excluding hydrogens is 330 g/mol. The van der Waals surface area contributed by atoms with Crippen LogP contribution in [-0.4, -0.2) is 54.1 Å². The molecule has 0 unspecified atom stereocenters. The van der Waals surface area contributed by atoms with Crippen LogP contribution in [0.25, 0.3) is 11.4 Å². The Morgan fingerprint density at radius 1 is 1.35 bits per heavy atom. The lowest BCUT2D eigenvalue weighted by molar-refractivity contribution is 0.0658. The van der Waals surface area contributed by atoms with E-state index >= 15 is 0 Å². The van der Waals surface area contributed by atoms with Gasteiger partial charge in [0.15, 0.2) is 0 Å². The average Bonchev–Trinajstić information content (AvgIpc) is 3.31. The Morgan fingerprint density at radius 2 is 2.27 bits per heavy atom. The zero-order chi connectivity index (χ0) is 17.9. The summed E-state index contributed by atoms with van der Waals surface area (Å²) < 4.78 is 1.85. The topological polar surface area (TPSA) is 92.6 Å². The quantitative estimate of drug-likeness (QED) is 0.775. The first kappa shape index (κ1) is 16.4. The van der Waals surface area contributed by atoms with E-state index < -0.39 is 0 Å². The molecule has 3 aromatic heterocycles. The van der Waals surface area contributed by atoms with Gasteiger partial charge < -0.3 is 4.90 Å². The monoisotopic (exact) mass is 351 g/mol. The largest absolute Gasteiger partial charge is 0.338 e. The Labute approximate surface area is 151 Å². The molecular formula is C18H21N7O. The minimum atomic E-state index is 0.0497. The number of amides is 1. The molecule has 26 heavy (non-hydrogen) atoms. The van der Waals surface area contributed by atoms with Gasteiger partial charge in [0.1, 0.15) is 5.69 Å². The first-order valence-corrected chi connectivity index (χ1v) is 8.81. The summed E-state index contributed by atoms with van der Waals surface area (Å²) in [6.07, 6.45) is 7.35. The standard InChI is InChI=1S/C18H21N7O/c1-13-15(9-20-21-13)18(26)24-8-4-5-14(10-24)11-25-12-17(22-23-25)16-6-2-3-7-19-16/h2-3,6-7,9,12,14H,4-5,8,10-11H2,1H3,(H,20,21)/t14-/m1/s1. The van der Waals surface area contributed by atoms with Crippen LogP contribution in [0, 0.1) is 12.8 Å². The third-order valence-corrected chi connectivity index (χ3v) is 4.78. The van der Waals surface area contributed by atoms with Gasteiger partial charge in [0, 0.05) is 31.5 Å². The molecule has 0 saturated carbocycles. The number of hydrogen-bond donors (Lipinski definition) is 1. The molecule has 134 valence electrons. The fourth-order valence-corrected chi connectivity index (χ4v) is 3.42. The first-order chi connectivity index (χ1) is 12.7. The maximum absolute atomic E-state index is 12.7. The lowest BCUT2D eigenvalue weighted by Crippen LogP contribution is -2.41. The van der Waals surface area contributed by atoms with Crippen LogP contribution in [0.5, 0.6) is 0 Å². The maximum atomic E-state index is 12.7. The number of nitrogens with one attached hydrogen (secondary N) is 1. The Bertz CT molecular complexity index is 886. The van der Waals surface area contributed by atoms with E-state index in [9.17, 15) is 4.79 Å². The summed E-state index contributed by atoms with van der Waals surface area (Å²) in [5.74, 6) is 0.409. The van der Waals surface area contributed by atoms with Crippen LogP contribution >= 0.6 is 0 Å². The second-order valence-electron chi connectivity index (χ2n) is 6.71. The van der Waals surface area contributed by atoms with Crippen molar-refractivity contribution in [1.82, 2.24) is 35.1 Å². The zero-order valence-electron chi connectivity index (χ0n) is 14.7. The maximum Gasteiger partial charge on any atom is 0.257 e. The van der Waals surface area contributed by atoms with Crippen molar-refractivity contribution in [2.24, 2.45) is 5.92 Å². The molecule has 1 N–H and O–H groups in total. The highest BCUT2D eigenvalue weighted by Crippen LogP contribution is 2.21. The van der Waals surface area contributed by atoms with Crippen LogP contribution in [0.3, 0.4) is 0 Å². The van der Waals surface area contributed by atoms with Crippen LogP contribution in [0.1, 0.15) is 28.9 Å². The number of piperidine rings is 1. The number of aromatic nitrogens is 6. The van der Waals surface area contributed by atoms with Crippen molar-refractivity contribution in [2.45, 2.75) is 26.3 Å². The van der Waals surface area contributed by atoms with E-state index in [1.165, 1.54) is 0 Å². The van der Waals surface area contributed by atoms with Gasteiger partial charge >= 0.3 is 0 Å². The van der Waals surface area contributed by atoms with Crippen molar-refractivity contribution in [3.8, 4) is 11.4 Å². The highest BCUT2D eigenvalue weighted by atomic mass is 16.2. The van der Waals surface area contributed by atoms with Gasteiger partial charge in [-0.05, 0) is 37.8 Å². The summed E-state index contributed by atoms with van der Waals surface area (Å²) in [5.41, 5.74) is 3.05. The molecule has 1 atom stereocenters. The minimum Gasteiger partial charge on any atom is -0.338 e. The van der Waals surface area contributed by atoms with Crippen molar-refractivity contribution in [3.63, 3.8) is 0 Å². The van der Waals surface area contributed by atoms with E-state index in [4.69, 9.17) is 0 Å². The van der Waals surface area contributed by atoms with Crippen LogP contribution in [0.2, 0.25) is 0 Å². The lowest BCUT2D eigenvalue weighted by atomic mass is 9.97. The van der Waals surface area contributed by atoms with E-state index in [0.717, 1.165) is 49.6 Å². The molecule has 4 rings (SSSR count). The fourth-order valence-electron chi connectivity index (χ4n) is 3.42. The minimum absolute atomic E-state index is 0.0497. The van der Waals surface area contributed by atoms with E-state index in [2.05, 4.69) is 25.5 Å². The van der Waals surface area contributed by atoms with Gasteiger partial charge in [0.25, 0.3) is 5.91 Å². The van der Waals surface area contributed by atoms with Gasteiger partial charge in [-0.15, -0.1) is 5.10 Å². The summed E-state index contributed by atoms with van der Waals surface area (Å²) in [6.45, 7) is 4.13. The molecule has 0 aliphatic carbocycles. The number of carbonyl (C=O) groups is 1. The van der Waals surface area contributed by atoms with E-state index in [1.807, 2.05) is 40.9 Å². The molecule has 4 heterocycles. The molecule has 0 radical (unpaired) electrons. The van der Waals surface area contributed by atoms with E-state index in [-0.39, 0.29) is 5.91 Å². The molecule has 0 bridgehead atoms. The number of hydrogen-bond acceptors (Lipinski definition) is 5. The SMILES string of the molecule is Cc1[nH]ncc1C(=O)N1CCC[C@@H](Cn2cc(-c3ccccn3)nn2)C1. The molecule has 1 aliphatic rings. The van der Waals surface area contributed by atoms with Crippen molar-refractivity contribution in [1.29, 1.82) is 0 Å². The van der Waals surface area contributed by atoms with Crippen LogP contribution < -0.4 is 0 Å². The van der Waals surface area contributed by atoms with Crippen LogP contribution in [0.15, 0.2) is 36.8 Å². The molecule has 3 aromatic rings. The zero-order valence-corrected chi connectivity index (χ0v) is 14.7. The number of carbonyl (C=O) groups excluding carboxylic acids is 1. The molecule has 1 saturated heterocycles. The molecule has 8 nitrogen and oxygen atoms in total. The summed E-state index contributed by atoms with van der Waals surface area (Å²) in [5, 5.41) is 15.2. The number of aryl methyl sites for hydroxylation is 1. The molecule has 0 aromatic carbocycles. The third-order valence-electron chi connectivity index (χ3n) is 4.78. The number of nitrogens with zero attached hydrogens (tertiary/aromatic N) is 6. The Kier molecular flexibility index (Phi) is 4.47. The van der Waals surface area contributed by atoms with Gasteiger partial charge in [-0.3, -0.25) is 19.6 Å². The van der Waals surface area contributed by atoms with Gasteiger partial charge in [0.05, 0.1) is 23.7 Å². The first-order valence-electron chi connectivity index (χ1n) is 8.81. The number of aromatic amines is 1. The molecule has 1 aliphatic heterocycles. The number of rotatable bonds is 4. The predicted octanol–water partition coefficient (Wildman–Crippen LogP) is 1.92. The van der Waals surface area contributed by atoms with Crippen molar-refractivity contribution in [3.05, 3.63) is 48.0 Å². The van der Waals surface area contributed by atoms with E-state index in [1.54, 1.807) is 12.4 Å². The average molecular weight is 351 g/mol. The summed E-state index contributed by atoms with van der Waals surface area (Å²) in [6, 6.07) is 5.73. The van der Waals surface area contributed by atoms with Crippen molar-refractivity contribution in [2.75, 3.05) is 13.1 Å². The van der Waals surface area contributed by atoms with Crippen molar-refractivity contribution >= 4 is 5.91 Å². The second-order valence-corrected chi connectivity index (χ2v) is 6.71. The van der Waals surface area contributed by atoms with Gasteiger partial charge in [-0.1, -0.05) is 11.3 Å². The highest BCUT2D eigenvalue weighted by Gasteiger charge is 2.26. The van der Waals surface area contributed by atoms with Gasteiger partial charge in [0.2, 0.25) is 0 Å². The Balaban J connectivity index is 1.42. The lowest BCUT2D eigenvalue weighted by Gasteiger charge is -2.32. The van der Waals surface area contributed by atoms with E-state index in [0.29, 0.717) is 11.5 Å². The van der Waals surface area contributed by atoms with Gasteiger partial charge in [-0.25, -0.2) is 0 Å². The Morgan fingerprint density at radius 3 is 3.04 bits per heavy atom. The molecule has 0 spiro atoms. The Hall–Kier alpha value is -3.03. The summed E-state index contributed by atoms with van der Waals surface area (Å²) >= 11 is 0. The fraction of sp³-hybridized carbons (Fsp3) is 0.389.